The second-order valence-corrected chi connectivity index (χ2v) is 5.03. The summed E-state index contributed by atoms with van der Waals surface area (Å²) in [6.45, 7) is 0. The van der Waals surface area contributed by atoms with Gasteiger partial charge in [0, 0.05) is 5.69 Å². The van der Waals surface area contributed by atoms with E-state index in [1.54, 1.807) is 0 Å². The van der Waals surface area contributed by atoms with Crippen LogP contribution in [0, 0.1) is 11.3 Å². The molecule has 0 bridgehead atoms. The molecule has 0 saturated heterocycles. The minimum atomic E-state index is 0.651. The van der Waals surface area contributed by atoms with Gasteiger partial charge >= 0.3 is 0 Å². The number of ether oxygens (including phenoxy) is 1. The predicted molar refractivity (Wildman–Crippen MR) is 85.9 cm³/mol. The van der Waals surface area contributed by atoms with Crippen molar-refractivity contribution in [3.8, 4) is 17.6 Å². The van der Waals surface area contributed by atoms with Crippen molar-refractivity contribution in [3.05, 3.63) is 78.4 Å². The van der Waals surface area contributed by atoms with E-state index < -0.39 is 0 Å². The Morgan fingerprint density at radius 1 is 0.727 bits per heavy atom. The van der Waals surface area contributed by atoms with E-state index in [4.69, 9.17) is 10.00 Å². The van der Waals surface area contributed by atoms with Crippen molar-refractivity contribution in [2.45, 2.75) is 0 Å². The van der Waals surface area contributed by atoms with E-state index in [0.29, 0.717) is 5.56 Å². The maximum Gasteiger partial charge on any atom is 0.151 e. The zero-order valence-electron chi connectivity index (χ0n) is 11.7. The fourth-order valence-electron chi connectivity index (χ4n) is 2.67. The summed E-state index contributed by atoms with van der Waals surface area (Å²) in [6, 6.07) is 25.6. The van der Waals surface area contributed by atoms with Gasteiger partial charge in [0.25, 0.3) is 0 Å². The molecule has 0 fully saturated rings. The number of fused-ring (bicyclic) bond motifs is 2. The van der Waals surface area contributed by atoms with Gasteiger partial charge in [0.05, 0.1) is 23.0 Å². The largest absolute Gasteiger partial charge is 0.453 e. The van der Waals surface area contributed by atoms with Gasteiger partial charge in [-0.05, 0) is 48.5 Å². The average molecular weight is 284 g/mol. The van der Waals surface area contributed by atoms with Crippen LogP contribution in [0.4, 0.5) is 17.1 Å². The highest BCUT2D eigenvalue weighted by molar-refractivity contribution is 5.86. The lowest BCUT2D eigenvalue weighted by molar-refractivity contribution is 0.477. The van der Waals surface area contributed by atoms with Crippen LogP contribution in [0.2, 0.25) is 0 Å². The molecule has 104 valence electrons. The SMILES string of the molecule is N#Cc1ccc(N2c3ccccc3Oc3ccccc32)cc1. The van der Waals surface area contributed by atoms with Crippen LogP contribution >= 0.6 is 0 Å². The normalized spacial score (nSPS) is 11.9. The topological polar surface area (TPSA) is 36.3 Å². The highest BCUT2D eigenvalue weighted by Gasteiger charge is 2.24. The number of benzene rings is 3. The first-order valence-corrected chi connectivity index (χ1v) is 7.03. The molecule has 0 aliphatic carbocycles. The van der Waals surface area contributed by atoms with E-state index in [9.17, 15) is 0 Å². The van der Waals surface area contributed by atoms with E-state index in [2.05, 4.69) is 11.0 Å². The fraction of sp³-hybridized carbons (Fsp3) is 0. The molecule has 1 aliphatic rings. The molecule has 3 nitrogen and oxygen atoms in total. The lowest BCUT2D eigenvalue weighted by Gasteiger charge is -2.32. The Kier molecular flexibility index (Phi) is 2.80. The standard InChI is InChI=1S/C19H12N2O/c20-13-14-9-11-15(12-10-14)21-16-5-1-3-7-18(16)22-19-8-4-2-6-17(19)21/h1-12H. The second-order valence-electron chi connectivity index (χ2n) is 5.03. The van der Waals surface area contributed by atoms with Crippen molar-refractivity contribution in [1.82, 2.24) is 0 Å². The Morgan fingerprint density at radius 3 is 1.82 bits per heavy atom. The number of hydrogen-bond acceptors (Lipinski definition) is 3. The maximum atomic E-state index is 8.97. The molecule has 3 heteroatoms. The van der Waals surface area contributed by atoms with Gasteiger partial charge in [-0.3, -0.25) is 0 Å². The quantitative estimate of drug-likeness (QED) is 0.486. The zero-order valence-corrected chi connectivity index (χ0v) is 11.7. The van der Waals surface area contributed by atoms with Crippen molar-refractivity contribution in [2.75, 3.05) is 4.90 Å². The van der Waals surface area contributed by atoms with Gasteiger partial charge in [0.15, 0.2) is 11.5 Å². The summed E-state index contributed by atoms with van der Waals surface area (Å²) >= 11 is 0. The molecule has 4 rings (SSSR count). The summed E-state index contributed by atoms with van der Waals surface area (Å²) in [5.74, 6) is 1.65. The van der Waals surface area contributed by atoms with E-state index >= 15 is 0 Å². The van der Waals surface area contributed by atoms with Crippen molar-refractivity contribution in [1.29, 1.82) is 5.26 Å². The summed E-state index contributed by atoms with van der Waals surface area (Å²) in [5, 5.41) is 8.97. The minimum Gasteiger partial charge on any atom is -0.453 e. The Balaban J connectivity index is 1.92. The first kappa shape index (κ1) is 12.5. The van der Waals surface area contributed by atoms with Crippen LogP contribution in [0.1, 0.15) is 5.56 Å². The number of nitriles is 1. The third-order valence-corrected chi connectivity index (χ3v) is 3.69. The molecule has 0 aromatic heterocycles. The van der Waals surface area contributed by atoms with Crippen LogP contribution in [0.25, 0.3) is 0 Å². The van der Waals surface area contributed by atoms with E-state index in [0.717, 1.165) is 28.6 Å². The van der Waals surface area contributed by atoms with Gasteiger partial charge < -0.3 is 9.64 Å². The summed E-state index contributed by atoms with van der Waals surface area (Å²) in [6.07, 6.45) is 0. The number of hydrogen-bond donors (Lipinski definition) is 0. The molecular weight excluding hydrogens is 272 g/mol. The van der Waals surface area contributed by atoms with Gasteiger partial charge in [-0.2, -0.15) is 5.26 Å². The van der Waals surface area contributed by atoms with E-state index in [-0.39, 0.29) is 0 Å². The van der Waals surface area contributed by atoms with Crippen LogP contribution in [-0.2, 0) is 0 Å². The van der Waals surface area contributed by atoms with Crippen molar-refractivity contribution >= 4 is 17.1 Å². The Hall–Kier alpha value is -3.25. The summed E-state index contributed by atoms with van der Waals surface area (Å²) in [5.41, 5.74) is 3.64. The van der Waals surface area contributed by atoms with Crippen molar-refractivity contribution in [2.24, 2.45) is 0 Å². The predicted octanol–water partition coefficient (Wildman–Crippen LogP) is 5.13. The van der Waals surface area contributed by atoms with E-state index in [1.165, 1.54) is 0 Å². The smallest absolute Gasteiger partial charge is 0.151 e. The second kappa shape index (κ2) is 4.94. The zero-order chi connectivity index (χ0) is 14.9. The molecule has 0 amide bonds. The molecule has 1 heterocycles. The lowest BCUT2D eigenvalue weighted by atomic mass is 10.1. The molecule has 0 N–H and O–H groups in total. The Morgan fingerprint density at radius 2 is 1.27 bits per heavy atom. The van der Waals surface area contributed by atoms with Gasteiger partial charge in [-0.25, -0.2) is 0 Å². The summed E-state index contributed by atoms with van der Waals surface area (Å²) < 4.78 is 5.98. The van der Waals surface area contributed by atoms with Gasteiger partial charge in [-0.15, -0.1) is 0 Å². The van der Waals surface area contributed by atoms with Crippen LogP contribution in [0.3, 0.4) is 0 Å². The summed E-state index contributed by atoms with van der Waals surface area (Å²) in [4.78, 5) is 2.15. The molecule has 3 aromatic carbocycles. The highest BCUT2D eigenvalue weighted by Crippen LogP contribution is 2.49. The van der Waals surface area contributed by atoms with Gasteiger partial charge in [0.1, 0.15) is 0 Å². The fourth-order valence-corrected chi connectivity index (χ4v) is 2.67. The van der Waals surface area contributed by atoms with Crippen LogP contribution in [-0.4, -0.2) is 0 Å². The third-order valence-electron chi connectivity index (χ3n) is 3.69. The lowest BCUT2D eigenvalue weighted by Crippen LogP contribution is -2.15. The molecule has 0 saturated carbocycles. The van der Waals surface area contributed by atoms with Crippen molar-refractivity contribution in [3.63, 3.8) is 0 Å². The minimum absolute atomic E-state index is 0.651. The Bertz CT molecular complexity index is 833. The van der Waals surface area contributed by atoms with Crippen LogP contribution < -0.4 is 9.64 Å². The summed E-state index contributed by atoms with van der Waals surface area (Å²) in [7, 11) is 0. The van der Waals surface area contributed by atoms with Gasteiger partial charge in [0.2, 0.25) is 0 Å². The van der Waals surface area contributed by atoms with Crippen molar-refractivity contribution < 1.29 is 4.74 Å². The first-order valence-electron chi connectivity index (χ1n) is 7.03. The molecule has 22 heavy (non-hydrogen) atoms. The molecule has 0 spiro atoms. The Labute approximate surface area is 128 Å². The molecule has 0 unspecified atom stereocenters. The van der Waals surface area contributed by atoms with Crippen LogP contribution in [0.5, 0.6) is 11.5 Å². The average Bonchev–Trinajstić information content (AvgIpc) is 2.60. The van der Waals surface area contributed by atoms with E-state index in [1.807, 2.05) is 72.8 Å². The first-order chi connectivity index (χ1) is 10.9. The number of rotatable bonds is 1. The number of nitrogens with zero attached hydrogens (tertiary/aromatic N) is 2. The van der Waals surface area contributed by atoms with Crippen LogP contribution in [0.15, 0.2) is 72.8 Å². The third kappa shape index (κ3) is 1.90. The molecule has 3 aromatic rings. The number of para-hydroxylation sites is 4. The monoisotopic (exact) mass is 284 g/mol. The van der Waals surface area contributed by atoms with Gasteiger partial charge in [-0.1, -0.05) is 24.3 Å². The molecule has 0 radical (unpaired) electrons. The highest BCUT2D eigenvalue weighted by atomic mass is 16.5. The maximum absolute atomic E-state index is 8.97. The molecule has 0 atom stereocenters. The number of anilines is 3. The molecule has 1 aliphatic heterocycles. The molecular formula is C19H12N2O.